The molecule has 1 aromatic rings. The summed E-state index contributed by atoms with van der Waals surface area (Å²) in [6, 6.07) is 3.83. The van der Waals surface area contributed by atoms with Gasteiger partial charge in [0.15, 0.2) is 0 Å². The van der Waals surface area contributed by atoms with Crippen LogP contribution in [-0.4, -0.2) is 13.0 Å². The van der Waals surface area contributed by atoms with Crippen LogP contribution in [0.3, 0.4) is 0 Å². The number of nitrogens with two attached hydrogens (primary N) is 3. The van der Waals surface area contributed by atoms with E-state index in [1.807, 2.05) is 0 Å². The summed E-state index contributed by atoms with van der Waals surface area (Å²) < 4.78 is 13.4. The lowest BCUT2D eigenvalue weighted by atomic mass is 10.1. The summed E-state index contributed by atoms with van der Waals surface area (Å²) >= 11 is 0. The Labute approximate surface area is 104 Å². The van der Waals surface area contributed by atoms with Crippen LogP contribution in [0.25, 0.3) is 5.70 Å². The molecule has 0 aromatic heterocycles. The molecule has 1 amide bonds. The maximum Gasteiger partial charge on any atom is 0.251 e. The molecule has 0 spiro atoms. The van der Waals surface area contributed by atoms with Crippen LogP contribution in [0, 0.1) is 5.82 Å². The Balaban J connectivity index is 3.18. The van der Waals surface area contributed by atoms with Crippen LogP contribution in [0.2, 0.25) is 0 Å². The van der Waals surface area contributed by atoms with Crippen molar-refractivity contribution < 1.29 is 9.18 Å². The summed E-state index contributed by atoms with van der Waals surface area (Å²) in [5, 5.41) is 2.41. The van der Waals surface area contributed by atoms with Crippen molar-refractivity contribution in [3.05, 3.63) is 53.1 Å². The van der Waals surface area contributed by atoms with Crippen LogP contribution in [0.4, 0.5) is 4.39 Å². The number of nitrogens with one attached hydrogen (secondary N) is 1. The van der Waals surface area contributed by atoms with Crippen LogP contribution < -0.4 is 22.5 Å². The van der Waals surface area contributed by atoms with Gasteiger partial charge >= 0.3 is 0 Å². The van der Waals surface area contributed by atoms with Gasteiger partial charge in [0.05, 0.1) is 5.82 Å². The van der Waals surface area contributed by atoms with Gasteiger partial charge < -0.3 is 22.5 Å². The molecule has 0 fully saturated rings. The maximum atomic E-state index is 13.4. The van der Waals surface area contributed by atoms with Gasteiger partial charge in [-0.1, -0.05) is 0 Å². The largest absolute Gasteiger partial charge is 0.398 e. The Morgan fingerprint density at radius 1 is 1.17 bits per heavy atom. The predicted octanol–water partition coefficient (Wildman–Crippen LogP) is 0.244. The fourth-order valence-electron chi connectivity index (χ4n) is 1.31. The Morgan fingerprint density at radius 2 is 1.78 bits per heavy atom. The number of hydrogen-bond acceptors (Lipinski definition) is 4. The number of carbonyl (C=O) groups excluding carboxylic acids is 1. The van der Waals surface area contributed by atoms with E-state index in [2.05, 4.69) is 5.32 Å². The van der Waals surface area contributed by atoms with Gasteiger partial charge in [-0.15, -0.1) is 0 Å². The van der Waals surface area contributed by atoms with Gasteiger partial charge in [-0.25, -0.2) is 4.39 Å². The van der Waals surface area contributed by atoms with Gasteiger partial charge in [0, 0.05) is 23.9 Å². The van der Waals surface area contributed by atoms with Crippen molar-refractivity contribution in [2.24, 2.45) is 17.2 Å². The van der Waals surface area contributed by atoms with Gasteiger partial charge in [0.2, 0.25) is 0 Å². The zero-order valence-corrected chi connectivity index (χ0v) is 9.91. The fourth-order valence-corrected chi connectivity index (χ4v) is 1.31. The lowest BCUT2D eigenvalue weighted by Crippen LogP contribution is -2.18. The molecule has 0 heterocycles. The highest BCUT2D eigenvalue weighted by atomic mass is 19.1. The fraction of sp³-hybridized carbons (Fsp3) is 0.0833. The minimum absolute atomic E-state index is 0.0841. The van der Waals surface area contributed by atoms with Crippen molar-refractivity contribution in [1.29, 1.82) is 0 Å². The smallest absolute Gasteiger partial charge is 0.251 e. The Kier molecular flexibility index (Phi) is 4.31. The quantitative estimate of drug-likeness (QED) is 0.576. The maximum absolute atomic E-state index is 13.4. The normalized spacial score (nSPS) is 10.9. The number of benzene rings is 1. The lowest BCUT2D eigenvalue weighted by molar-refractivity contribution is 0.0962. The van der Waals surface area contributed by atoms with E-state index in [1.165, 1.54) is 31.3 Å². The third kappa shape index (κ3) is 3.51. The number of rotatable bonds is 3. The highest BCUT2D eigenvalue weighted by Gasteiger charge is 2.08. The Morgan fingerprint density at radius 3 is 2.33 bits per heavy atom. The Hall–Kier alpha value is -2.50. The molecule has 0 aliphatic carbocycles. The van der Waals surface area contributed by atoms with Gasteiger partial charge in [-0.3, -0.25) is 4.79 Å². The molecule has 0 atom stereocenters. The predicted molar refractivity (Wildman–Crippen MR) is 68.4 cm³/mol. The molecule has 0 aliphatic heterocycles. The minimum Gasteiger partial charge on any atom is -0.398 e. The molecule has 0 aliphatic rings. The number of hydrogen-bond donors (Lipinski definition) is 4. The minimum atomic E-state index is -0.549. The van der Waals surface area contributed by atoms with Crippen molar-refractivity contribution >= 4 is 11.6 Å². The van der Waals surface area contributed by atoms with E-state index in [4.69, 9.17) is 17.2 Å². The monoisotopic (exact) mass is 250 g/mol. The third-order valence-electron chi connectivity index (χ3n) is 2.18. The molecule has 0 radical (unpaired) electrons. The molecule has 0 saturated carbocycles. The first-order valence-electron chi connectivity index (χ1n) is 5.15. The molecule has 7 N–H and O–H groups in total. The number of amides is 1. The van der Waals surface area contributed by atoms with Crippen molar-refractivity contribution in [2.45, 2.75) is 0 Å². The molecule has 0 saturated heterocycles. The molecule has 1 aromatic carbocycles. The molecular formula is C12H15FN4O. The van der Waals surface area contributed by atoms with Crippen LogP contribution in [0.5, 0.6) is 0 Å². The second-order valence-electron chi connectivity index (χ2n) is 3.60. The third-order valence-corrected chi connectivity index (χ3v) is 2.18. The van der Waals surface area contributed by atoms with Gasteiger partial charge in [0.25, 0.3) is 5.91 Å². The molecule has 0 bridgehead atoms. The second-order valence-corrected chi connectivity index (χ2v) is 3.60. The van der Waals surface area contributed by atoms with E-state index in [1.54, 1.807) is 0 Å². The molecule has 18 heavy (non-hydrogen) atoms. The van der Waals surface area contributed by atoms with Gasteiger partial charge in [0.1, 0.15) is 5.82 Å². The average molecular weight is 250 g/mol. The first-order chi connectivity index (χ1) is 8.43. The summed E-state index contributed by atoms with van der Waals surface area (Å²) in [6.07, 6.45) is 2.83. The summed E-state index contributed by atoms with van der Waals surface area (Å²) in [7, 11) is 1.46. The van der Waals surface area contributed by atoms with E-state index in [9.17, 15) is 9.18 Å². The van der Waals surface area contributed by atoms with Crippen LogP contribution in [0.1, 0.15) is 15.9 Å². The van der Waals surface area contributed by atoms with E-state index in [-0.39, 0.29) is 17.1 Å². The number of allylic oxidation sites excluding steroid dienone is 2. The molecular weight excluding hydrogens is 235 g/mol. The van der Waals surface area contributed by atoms with Crippen molar-refractivity contribution in [3.8, 4) is 0 Å². The number of carbonyl (C=O) groups is 1. The Bertz CT molecular complexity index is 519. The molecule has 5 nitrogen and oxygen atoms in total. The highest BCUT2D eigenvalue weighted by Crippen LogP contribution is 2.14. The van der Waals surface area contributed by atoms with Crippen LogP contribution in [0.15, 0.2) is 36.2 Å². The summed E-state index contributed by atoms with van der Waals surface area (Å²) in [6.45, 7) is 0. The second kappa shape index (κ2) is 5.72. The van der Waals surface area contributed by atoms with E-state index < -0.39 is 11.7 Å². The molecule has 96 valence electrons. The van der Waals surface area contributed by atoms with E-state index >= 15 is 0 Å². The van der Waals surface area contributed by atoms with E-state index in [0.29, 0.717) is 5.56 Å². The average Bonchev–Trinajstić information content (AvgIpc) is 2.34. The summed E-state index contributed by atoms with van der Waals surface area (Å²) in [5.41, 5.74) is 17.1. The first kappa shape index (κ1) is 13.6. The standard InChI is InChI=1S/C12H15FN4O/c1-17-12(18)8-4-7(5-9(13)6-8)10(14)2-3-11(15)16/h2-6H,14-16H2,1H3,(H,17,18)/b10-2-. The molecule has 0 unspecified atom stereocenters. The van der Waals surface area contributed by atoms with Crippen molar-refractivity contribution in [2.75, 3.05) is 7.05 Å². The summed E-state index contributed by atoms with van der Waals surface area (Å²) in [5.74, 6) is -0.856. The van der Waals surface area contributed by atoms with Crippen molar-refractivity contribution in [1.82, 2.24) is 5.32 Å². The topological polar surface area (TPSA) is 107 Å². The SMILES string of the molecule is CNC(=O)c1cc(F)cc(/C(N)=C/C=C(N)N)c1. The van der Waals surface area contributed by atoms with E-state index in [0.717, 1.165) is 6.07 Å². The molecule has 1 rings (SSSR count). The number of halogens is 1. The van der Waals surface area contributed by atoms with Crippen LogP contribution >= 0.6 is 0 Å². The zero-order chi connectivity index (χ0) is 13.7. The molecule has 6 heteroatoms. The van der Waals surface area contributed by atoms with Gasteiger partial charge in [-0.2, -0.15) is 0 Å². The lowest BCUT2D eigenvalue weighted by Gasteiger charge is -2.05. The van der Waals surface area contributed by atoms with Gasteiger partial charge in [-0.05, 0) is 30.4 Å². The van der Waals surface area contributed by atoms with Crippen molar-refractivity contribution in [3.63, 3.8) is 0 Å². The summed E-state index contributed by atoms with van der Waals surface area (Å²) in [4.78, 5) is 11.4. The highest BCUT2D eigenvalue weighted by molar-refractivity contribution is 5.94. The zero-order valence-electron chi connectivity index (χ0n) is 9.91. The first-order valence-corrected chi connectivity index (χ1v) is 5.15. The van der Waals surface area contributed by atoms with Crippen LogP contribution in [-0.2, 0) is 0 Å².